The molecule has 2 atom stereocenters. The molecule has 2 unspecified atom stereocenters. The quantitative estimate of drug-likeness (QED) is 0.615. The lowest BCUT2D eigenvalue weighted by Crippen LogP contribution is -2.50. The third-order valence-corrected chi connectivity index (χ3v) is 6.18. The van der Waals surface area contributed by atoms with E-state index in [1.165, 1.54) is 0 Å². The Morgan fingerprint density at radius 3 is 2.45 bits per heavy atom. The Bertz CT molecular complexity index is 681. The average Bonchev–Trinajstić information content (AvgIpc) is 2.73. The first-order valence-electron chi connectivity index (χ1n) is 7.36. The summed E-state index contributed by atoms with van der Waals surface area (Å²) in [6.07, 6.45) is 1.13. The lowest BCUT2D eigenvalue weighted by molar-refractivity contribution is -0.176. The highest BCUT2D eigenvalue weighted by Crippen LogP contribution is 2.65. The number of carbonyl (C=O) groups is 2. The van der Waals surface area contributed by atoms with E-state index >= 15 is 0 Å². The van der Waals surface area contributed by atoms with Gasteiger partial charge in [0, 0.05) is 10.4 Å². The van der Waals surface area contributed by atoms with E-state index < -0.39 is 22.4 Å². The van der Waals surface area contributed by atoms with Crippen LogP contribution in [0.4, 0.5) is 0 Å². The van der Waals surface area contributed by atoms with Crippen LogP contribution in [0.15, 0.2) is 18.2 Å². The van der Waals surface area contributed by atoms with E-state index in [-0.39, 0.29) is 5.97 Å². The van der Waals surface area contributed by atoms with E-state index in [1.54, 1.807) is 18.2 Å². The molecule has 22 heavy (non-hydrogen) atoms. The molecule has 4 nitrogen and oxygen atoms in total. The summed E-state index contributed by atoms with van der Waals surface area (Å²) in [6.45, 7) is 7.51. The highest BCUT2D eigenvalue weighted by Gasteiger charge is 2.76. The van der Waals surface area contributed by atoms with Gasteiger partial charge in [0.2, 0.25) is 5.60 Å². The number of esters is 2. The Morgan fingerprint density at radius 1 is 1.27 bits per heavy atom. The molecular weight excluding hydrogens is 304 g/mol. The summed E-state index contributed by atoms with van der Waals surface area (Å²) in [6, 6.07) is 5.03. The van der Waals surface area contributed by atoms with Crippen LogP contribution in [0, 0.1) is 17.8 Å². The Labute approximate surface area is 134 Å². The molecule has 1 aliphatic heterocycles. The molecule has 2 bridgehead atoms. The van der Waals surface area contributed by atoms with Gasteiger partial charge in [-0.2, -0.15) is 0 Å². The molecular formula is C17H19ClO4. The van der Waals surface area contributed by atoms with Gasteiger partial charge in [-0.1, -0.05) is 25.4 Å². The third kappa shape index (κ3) is 1.70. The summed E-state index contributed by atoms with van der Waals surface area (Å²) < 4.78 is 11.0. The van der Waals surface area contributed by atoms with Crippen LogP contribution < -0.4 is 4.74 Å². The summed E-state index contributed by atoms with van der Waals surface area (Å²) in [5.74, 6) is -0.407. The average molecular weight is 323 g/mol. The number of aryl methyl sites for hydroxylation is 1. The number of halogens is 1. The topological polar surface area (TPSA) is 52.6 Å². The fourth-order valence-corrected chi connectivity index (χ4v) is 3.69. The van der Waals surface area contributed by atoms with Gasteiger partial charge < -0.3 is 9.47 Å². The fourth-order valence-electron chi connectivity index (χ4n) is 3.57. The SMILES string of the molecule is Cc1cc(OC(=O)C23CCC(C)(C(=O)O2)C3(C)C)ccc1Cl. The van der Waals surface area contributed by atoms with Crippen molar-refractivity contribution in [3.8, 4) is 5.75 Å². The molecule has 1 saturated heterocycles. The van der Waals surface area contributed by atoms with Crippen molar-refractivity contribution in [2.75, 3.05) is 0 Å². The van der Waals surface area contributed by atoms with E-state index in [9.17, 15) is 9.59 Å². The zero-order chi connectivity index (χ0) is 16.3. The highest BCUT2D eigenvalue weighted by atomic mass is 35.5. The molecule has 0 radical (unpaired) electrons. The third-order valence-electron chi connectivity index (χ3n) is 5.75. The van der Waals surface area contributed by atoms with Crippen molar-refractivity contribution in [2.45, 2.75) is 46.1 Å². The monoisotopic (exact) mass is 322 g/mol. The van der Waals surface area contributed by atoms with Gasteiger partial charge in [-0.15, -0.1) is 0 Å². The number of hydrogen-bond donors (Lipinski definition) is 0. The summed E-state index contributed by atoms with van der Waals surface area (Å²) in [5, 5.41) is 0.610. The van der Waals surface area contributed by atoms with Crippen molar-refractivity contribution in [1.82, 2.24) is 0 Å². The van der Waals surface area contributed by atoms with E-state index in [4.69, 9.17) is 21.1 Å². The number of benzene rings is 1. The molecule has 1 aromatic rings. The number of ether oxygens (including phenoxy) is 2. The minimum absolute atomic E-state index is 0.312. The molecule has 0 amide bonds. The normalized spacial score (nSPS) is 32.0. The first kappa shape index (κ1) is 15.3. The maximum atomic E-state index is 12.8. The predicted octanol–water partition coefficient (Wildman–Crippen LogP) is 3.68. The molecule has 2 aliphatic rings. The van der Waals surface area contributed by atoms with Crippen LogP contribution >= 0.6 is 11.6 Å². The van der Waals surface area contributed by atoms with E-state index in [0.29, 0.717) is 23.6 Å². The summed E-state index contributed by atoms with van der Waals surface area (Å²) in [4.78, 5) is 24.9. The van der Waals surface area contributed by atoms with Crippen LogP contribution in [0.2, 0.25) is 5.02 Å². The first-order valence-corrected chi connectivity index (χ1v) is 7.74. The van der Waals surface area contributed by atoms with Crippen molar-refractivity contribution < 1.29 is 19.1 Å². The lowest BCUT2D eigenvalue weighted by atomic mass is 9.66. The Balaban J connectivity index is 1.92. The van der Waals surface area contributed by atoms with Crippen molar-refractivity contribution in [3.05, 3.63) is 28.8 Å². The number of rotatable bonds is 2. The van der Waals surface area contributed by atoms with Gasteiger partial charge in [0.05, 0.1) is 5.41 Å². The van der Waals surface area contributed by atoms with Crippen LogP contribution in [-0.4, -0.2) is 17.5 Å². The molecule has 1 aromatic carbocycles. The Hall–Kier alpha value is -1.55. The van der Waals surface area contributed by atoms with Crippen LogP contribution in [0.25, 0.3) is 0 Å². The van der Waals surface area contributed by atoms with Gasteiger partial charge in [-0.05, 0) is 50.5 Å². The molecule has 2 fully saturated rings. The minimum Gasteiger partial charge on any atom is -0.446 e. The minimum atomic E-state index is -1.20. The van der Waals surface area contributed by atoms with Gasteiger partial charge in [-0.25, -0.2) is 4.79 Å². The molecule has 1 heterocycles. The van der Waals surface area contributed by atoms with Crippen molar-refractivity contribution in [1.29, 1.82) is 0 Å². The standard InChI is InChI=1S/C17H19ClO4/c1-10-9-11(5-6-12(10)18)21-14(20)17-8-7-16(4,13(19)22-17)15(17,2)3/h5-6,9H,7-8H2,1-4H3. The lowest BCUT2D eigenvalue weighted by Gasteiger charge is -2.34. The number of hydrogen-bond acceptors (Lipinski definition) is 4. The van der Waals surface area contributed by atoms with Crippen molar-refractivity contribution >= 4 is 23.5 Å². The van der Waals surface area contributed by atoms with Gasteiger partial charge >= 0.3 is 11.9 Å². The fraction of sp³-hybridized carbons (Fsp3) is 0.529. The van der Waals surface area contributed by atoms with Crippen LogP contribution in [0.3, 0.4) is 0 Å². The Kier molecular flexibility index (Phi) is 3.12. The number of fused-ring (bicyclic) bond motifs is 2. The van der Waals surface area contributed by atoms with E-state index in [1.807, 2.05) is 27.7 Å². The summed E-state index contributed by atoms with van der Waals surface area (Å²) >= 11 is 5.98. The summed E-state index contributed by atoms with van der Waals surface area (Å²) in [5.41, 5.74) is -1.62. The predicted molar refractivity (Wildman–Crippen MR) is 81.8 cm³/mol. The molecule has 118 valence electrons. The first-order chi connectivity index (χ1) is 10.1. The van der Waals surface area contributed by atoms with Gasteiger partial charge in [-0.3, -0.25) is 4.79 Å². The van der Waals surface area contributed by atoms with Crippen LogP contribution in [0.5, 0.6) is 5.75 Å². The van der Waals surface area contributed by atoms with E-state index in [0.717, 1.165) is 5.56 Å². The molecule has 5 heteroatoms. The molecule has 0 aromatic heterocycles. The van der Waals surface area contributed by atoms with Gasteiger partial charge in [0.15, 0.2) is 0 Å². The second kappa shape index (κ2) is 4.48. The molecule has 1 saturated carbocycles. The molecule has 1 aliphatic carbocycles. The van der Waals surface area contributed by atoms with Crippen LogP contribution in [0.1, 0.15) is 39.2 Å². The van der Waals surface area contributed by atoms with Crippen molar-refractivity contribution in [2.24, 2.45) is 10.8 Å². The zero-order valence-corrected chi connectivity index (χ0v) is 13.9. The van der Waals surface area contributed by atoms with Gasteiger partial charge in [0.1, 0.15) is 5.75 Å². The molecule has 3 rings (SSSR count). The zero-order valence-electron chi connectivity index (χ0n) is 13.2. The maximum absolute atomic E-state index is 12.8. The van der Waals surface area contributed by atoms with Crippen molar-refractivity contribution in [3.63, 3.8) is 0 Å². The van der Waals surface area contributed by atoms with Gasteiger partial charge in [0.25, 0.3) is 0 Å². The largest absolute Gasteiger partial charge is 0.446 e. The molecule has 0 N–H and O–H groups in total. The Morgan fingerprint density at radius 2 is 1.95 bits per heavy atom. The summed E-state index contributed by atoms with van der Waals surface area (Å²) in [7, 11) is 0. The van der Waals surface area contributed by atoms with E-state index in [2.05, 4.69) is 0 Å². The molecule has 0 spiro atoms. The second-order valence-corrected chi connectivity index (χ2v) is 7.38. The highest BCUT2D eigenvalue weighted by molar-refractivity contribution is 6.31. The maximum Gasteiger partial charge on any atom is 0.356 e. The van der Waals surface area contributed by atoms with Crippen LogP contribution in [-0.2, 0) is 14.3 Å². The number of carbonyl (C=O) groups excluding carboxylic acids is 2. The smallest absolute Gasteiger partial charge is 0.356 e. The second-order valence-electron chi connectivity index (χ2n) is 6.97.